The van der Waals surface area contributed by atoms with E-state index in [1.165, 1.54) is 0 Å². The van der Waals surface area contributed by atoms with E-state index in [1.54, 1.807) is 36.9 Å². The van der Waals surface area contributed by atoms with Gasteiger partial charge in [-0.25, -0.2) is 0 Å². The minimum atomic E-state index is -0.905. The quantitative estimate of drug-likeness (QED) is 0.634. The molecule has 0 aromatic heterocycles. The minimum absolute atomic E-state index is 0.0364. The first-order valence-electron chi connectivity index (χ1n) is 5.95. The molecule has 1 saturated heterocycles. The average molecular weight is 312 g/mol. The van der Waals surface area contributed by atoms with Gasteiger partial charge in [-0.2, -0.15) is 0 Å². The maximum atomic E-state index is 12.0. The number of nitrogens with two attached hydrogens (primary N) is 1. The first-order valence-corrected chi connectivity index (χ1v) is 6.73. The summed E-state index contributed by atoms with van der Waals surface area (Å²) in [5.41, 5.74) is 5.97. The third-order valence-electron chi connectivity index (χ3n) is 3.30. The molecule has 0 bridgehead atoms. The minimum Gasteiger partial charge on any atom is -0.389 e. The highest BCUT2D eigenvalue weighted by Crippen LogP contribution is 2.31. The maximum Gasteiger partial charge on any atom is 0.251 e. The van der Waals surface area contributed by atoms with Crippen molar-refractivity contribution in [3.8, 4) is 0 Å². The van der Waals surface area contributed by atoms with Crippen molar-refractivity contribution in [2.45, 2.75) is 19.4 Å². The average Bonchev–Trinajstić information content (AvgIpc) is 2.33. The number of rotatable bonds is 2. The molecule has 0 atom stereocenters. The van der Waals surface area contributed by atoms with Crippen molar-refractivity contribution in [1.82, 2.24) is 5.32 Å². The topological polar surface area (TPSA) is 75.4 Å². The fourth-order valence-electron chi connectivity index (χ4n) is 2.11. The molecule has 3 N–H and O–H groups in total. The van der Waals surface area contributed by atoms with E-state index >= 15 is 0 Å². The van der Waals surface area contributed by atoms with E-state index in [0.717, 1.165) is 0 Å². The number of hydrogen-bond acceptors (Lipinski definition) is 4. The van der Waals surface area contributed by atoms with E-state index in [9.17, 15) is 9.59 Å². The number of halogens is 1. The molecule has 0 spiro atoms. The molecular weight excluding hydrogens is 298 g/mol. The molecular formula is C13H14ClN3O2S. The molecule has 106 valence electrons. The van der Waals surface area contributed by atoms with Gasteiger partial charge in [-0.3, -0.25) is 14.9 Å². The molecule has 1 aromatic carbocycles. The number of thiocarbonyl (C=S) groups is 1. The van der Waals surface area contributed by atoms with E-state index in [4.69, 9.17) is 29.6 Å². The Hall–Kier alpha value is -1.66. The lowest BCUT2D eigenvalue weighted by Gasteiger charge is -2.42. The number of anilines is 1. The van der Waals surface area contributed by atoms with Crippen LogP contribution in [0.1, 0.15) is 19.4 Å². The van der Waals surface area contributed by atoms with Crippen LogP contribution in [0.15, 0.2) is 18.2 Å². The van der Waals surface area contributed by atoms with Crippen molar-refractivity contribution >= 4 is 46.3 Å². The molecule has 1 fully saturated rings. The summed E-state index contributed by atoms with van der Waals surface area (Å²) in [6.07, 6.45) is 0. The summed E-state index contributed by atoms with van der Waals surface area (Å²) >= 11 is 11.0. The number of amides is 2. The Morgan fingerprint density at radius 3 is 2.70 bits per heavy atom. The van der Waals surface area contributed by atoms with E-state index in [2.05, 4.69) is 5.32 Å². The summed E-state index contributed by atoms with van der Waals surface area (Å²) < 4.78 is 0. The molecule has 2 rings (SSSR count). The SMILES string of the molecule is CC1(C)C(=O)NC(=O)CN1c1cc(Cl)ccc1C(N)=S. The third-order valence-corrected chi connectivity index (χ3v) is 3.76. The van der Waals surface area contributed by atoms with Crippen molar-refractivity contribution in [2.24, 2.45) is 5.73 Å². The predicted molar refractivity (Wildman–Crippen MR) is 81.9 cm³/mol. The third kappa shape index (κ3) is 2.48. The second-order valence-corrected chi connectivity index (χ2v) is 5.92. The highest BCUT2D eigenvalue weighted by atomic mass is 35.5. The van der Waals surface area contributed by atoms with Crippen LogP contribution in [0, 0.1) is 0 Å². The zero-order valence-corrected chi connectivity index (χ0v) is 12.6. The zero-order chi connectivity index (χ0) is 15.1. The van der Waals surface area contributed by atoms with Gasteiger partial charge in [0.05, 0.1) is 6.54 Å². The molecule has 0 aliphatic carbocycles. The maximum absolute atomic E-state index is 12.0. The van der Waals surface area contributed by atoms with Crippen molar-refractivity contribution in [3.63, 3.8) is 0 Å². The Labute approximate surface area is 127 Å². The fraction of sp³-hybridized carbons (Fsp3) is 0.308. The molecule has 1 aliphatic rings. The molecule has 2 amide bonds. The second-order valence-electron chi connectivity index (χ2n) is 5.05. The summed E-state index contributed by atoms with van der Waals surface area (Å²) in [5, 5.41) is 2.80. The van der Waals surface area contributed by atoms with E-state index < -0.39 is 5.54 Å². The number of benzene rings is 1. The molecule has 5 nitrogen and oxygen atoms in total. The standard InChI is InChI=1S/C13H14ClN3O2S/c1-13(2)12(19)16-10(18)6-17(13)9-5-7(14)3-4-8(9)11(15)20/h3-5H,6H2,1-2H3,(H2,15,20)(H,16,18,19). The van der Waals surface area contributed by atoms with Crippen molar-refractivity contribution in [2.75, 3.05) is 11.4 Å². The number of carbonyl (C=O) groups is 2. The molecule has 0 radical (unpaired) electrons. The zero-order valence-electron chi connectivity index (χ0n) is 11.1. The second kappa shape index (κ2) is 5.03. The molecule has 20 heavy (non-hydrogen) atoms. The molecule has 1 aliphatic heterocycles. The summed E-state index contributed by atoms with van der Waals surface area (Å²) in [6.45, 7) is 3.48. The lowest BCUT2D eigenvalue weighted by molar-refractivity contribution is -0.135. The van der Waals surface area contributed by atoms with Crippen LogP contribution in [0.4, 0.5) is 5.69 Å². The van der Waals surface area contributed by atoms with Gasteiger partial charge in [0.15, 0.2) is 0 Å². The van der Waals surface area contributed by atoms with Gasteiger partial charge in [0, 0.05) is 16.3 Å². The van der Waals surface area contributed by atoms with E-state index in [1.807, 2.05) is 0 Å². The van der Waals surface area contributed by atoms with Crippen LogP contribution < -0.4 is 16.0 Å². The molecule has 1 aromatic rings. The summed E-state index contributed by atoms with van der Waals surface area (Å²) in [6, 6.07) is 5.01. The lowest BCUT2D eigenvalue weighted by Crippen LogP contribution is -2.64. The summed E-state index contributed by atoms with van der Waals surface area (Å²) in [5.74, 6) is -0.745. The van der Waals surface area contributed by atoms with Gasteiger partial charge in [0.1, 0.15) is 10.5 Å². The van der Waals surface area contributed by atoms with Crippen molar-refractivity contribution < 1.29 is 9.59 Å². The normalized spacial score (nSPS) is 17.9. The van der Waals surface area contributed by atoms with Gasteiger partial charge in [-0.05, 0) is 32.0 Å². The van der Waals surface area contributed by atoms with Gasteiger partial charge in [0.25, 0.3) is 5.91 Å². The molecule has 1 heterocycles. The number of piperazine rings is 1. The Balaban J connectivity index is 2.59. The number of hydrogen-bond donors (Lipinski definition) is 2. The highest BCUT2D eigenvalue weighted by Gasteiger charge is 2.41. The van der Waals surface area contributed by atoms with Crippen LogP contribution in [-0.2, 0) is 9.59 Å². The van der Waals surface area contributed by atoms with Gasteiger partial charge >= 0.3 is 0 Å². The molecule has 0 unspecified atom stereocenters. The first kappa shape index (κ1) is 14.7. The fourth-order valence-corrected chi connectivity index (χ4v) is 2.44. The first-order chi connectivity index (χ1) is 9.23. The smallest absolute Gasteiger partial charge is 0.251 e. The predicted octanol–water partition coefficient (Wildman–Crippen LogP) is 1.22. The van der Waals surface area contributed by atoms with Crippen LogP contribution in [0.2, 0.25) is 5.02 Å². The van der Waals surface area contributed by atoms with Gasteiger partial charge < -0.3 is 10.6 Å². The monoisotopic (exact) mass is 311 g/mol. The largest absolute Gasteiger partial charge is 0.389 e. The van der Waals surface area contributed by atoms with Crippen LogP contribution in [0.3, 0.4) is 0 Å². The van der Waals surface area contributed by atoms with E-state index in [0.29, 0.717) is 16.3 Å². The van der Waals surface area contributed by atoms with Crippen LogP contribution in [-0.4, -0.2) is 28.9 Å². The van der Waals surface area contributed by atoms with Crippen molar-refractivity contribution in [3.05, 3.63) is 28.8 Å². The van der Waals surface area contributed by atoms with Crippen molar-refractivity contribution in [1.29, 1.82) is 0 Å². The van der Waals surface area contributed by atoms with Crippen LogP contribution >= 0.6 is 23.8 Å². The summed E-state index contributed by atoms with van der Waals surface area (Å²) in [4.78, 5) is 25.5. The highest BCUT2D eigenvalue weighted by molar-refractivity contribution is 7.80. The van der Waals surface area contributed by atoms with Gasteiger partial charge in [-0.15, -0.1) is 0 Å². The Morgan fingerprint density at radius 2 is 2.10 bits per heavy atom. The lowest BCUT2D eigenvalue weighted by atomic mass is 9.96. The number of nitrogens with zero attached hydrogens (tertiary/aromatic N) is 1. The Bertz CT molecular complexity index is 616. The Morgan fingerprint density at radius 1 is 1.45 bits per heavy atom. The van der Waals surface area contributed by atoms with Gasteiger partial charge in [-0.1, -0.05) is 23.8 Å². The van der Waals surface area contributed by atoms with Gasteiger partial charge in [0.2, 0.25) is 5.91 Å². The van der Waals surface area contributed by atoms with Crippen LogP contribution in [0.5, 0.6) is 0 Å². The number of nitrogens with one attached hydrogen (secondary N) is 1. The molecule has 7 heteroatoms. The number of imide groups is 1. The molecule has 0 saturated carbocycles. The number of carbonyl (C=O) groups excluding carboxylic acids is 2. The van der Waals surface area contributed by atoms with Crippen LogP contribution in [0.25, 0.3) is 0 Å². The summed E-state index contributed by atoms with van der Waals surface area (Å²) in [7, 11) is 0. The van der Waals surface area contributed by atoms with E-state index in [-0.39, 0.29) is 23.3 Å². The Kier molecular flexibility index (Phi) is 3.71.